The topological polar surface area (TPSA) is 55.3 Å². The number of unbranched alkanes of at least 4 members (excludes halogenated alkanes) is 1. The van der Waals surface area contributed by atoms with Crippen molar-refractivity contribution in [3.63, 3.8) is 0 Å². The van der Waals surface area contributed by atoms with Crippen LogP contribution in [0.5, 0.6) is 0 Å². The molecule has 1 fully saturated rings. The number of hydrogen-bond donors (Lipinski definition) is 2. The van der Waals surface area contributed by atoms with Gasteiger partial charge in [-0.3, -0.25) is 5.32 Å². The molecule has 2 N–H and O–H groups in total. The van der Waals surface area contributed by atoms with Gasteiger partial charge in [0.2, 0.25) is 0 Å². The van der Waals surface area contributed by atoms with Crippen LogP contribution >= 0.6 is 0 Å². The maximum absolute atomic E-state index is 11.6. The van der Waals surface area contributed by atoms with Gasteiger partial charge in [0.1, 0.15) is 6.67 Å². The van der Waals surface area contributed by atoms with E-state index in [9.17, 15) is 5.21 Å². The number of quaternary nitrogens is 1. The van der Waals surface area contributed by atoms with Crippen molar-refractivity contribution in [1.82, 2.24) is 5.32 Å². The molecule has 0 amide bonds. The van der Waals surface area contributed by atoms with Crippen molar-refractivity contribution in [3.05, 3.63) is 5.21 Å². The van der Waals surface area contributed by atoms with E-state index in [2.05, 4.69) is 5.32 Å². The second-order valence-electron chi connectivity index (χ2n) is 3.09. The molecule has 1 aliphatic heterocycles. The standard InChI is InChI=1S/C7H16N2O2/c10-6-2-1-4-9(11)5-3-8-7-9/h8,10H,1-7H2. The summed E-state index contributed by atoms with van der Waals surface area (Å²) in [5, 5.41) is 23.1. The summed E-state index contributed by atoms with van der Waals surface area (Å²) in [6.45, 7) is 2.92. The Hall–Kier alpha value is -0.160. The van der Waals surface area contributed by atoms with E-state index in [-0.39, 0.29) is 11.3 Å². The van der Waals surface area contributed by atoms with E-state index in [1.807, 2.05) is 0 Å². The number of hydroxylamine groups is 3. The molecule has 0 radical (unpaired) electrons. The van der Waals surface area contributed by atoms with Crippen LogP contribution in [0.2, 0.25) is 0 Å². The molecule has 0 saturated carbocycles. The summed E-state index contributed by atoms with van der Waals surface area (Å²) in [4.78, 5) is 0. The average Bonchev–Trinajstić information content (AvgIpc) is 2.38. The molecule has 0 aromatic heterocycles. The highest BCUT2D eigenvalue weighted by molar-refractivity contribution is 4.54. The lowest BCUT2D eigenvalue weighted by Crippen LogP contribution is -2.41. The van der Waals surface area contributed by atoms with Gasteiger partial charge in [-0.2, -0.15) is 0 Å². The largest absolute Gasteiger partial charge is 0.632 e. The molecule has 1 unspecified atom stereocenters. The van der Waals surface area contributed by atoms with Gasteiger partial charge in [-0.05, 0) is 12.8 Å². The summed E-state index contributed by atoms with van der Waals surface area (Å²) in [7, 11) is 0. The summed E-state index contributed by atoms with van der Waals surface area (Å²) in [6, 6.07) is 0. The molecule has 1 atom stereocenters. The van der Waals surface area contributed by atoms with Gasteiger partial charge in [-0.15, -0.1) is 0 Å². The van der Waals surface area contributed by atoms with E-state index >= 15 is 0 Å². The third kappa shape index (κ3) is 2.75. The summed E-state index contributed by atoms with van der Waals surface area (Å²) < 4.78 is -0.111. The van der Waals surface area contributed by atoms with Crippen molar-refractivity contribution in [1.29, 1.82) is 0 Å². The first-order chi connectivity index (χ1) is 5.27. The molecule has 1 saturated heterocycles. The van der Waals surface area contributed by atoms with Crippen LogP contribution in [0, 0.1) is 5.21 Å². The molecule has 4 nitrogen and oxygen atoms in total. The van der Waals surface area contributed by atoms with Crippen LogP contribution in [0.25, 0.3) is 0 Å². The number of aliphatic hydroxyl groups is 1. The molecule has 4 heteroatoms. The summed E-state index contributed by atoms with van der Waals surface area (Å²) in [5.74, 6) is 0. The molecule has 0 aliphatic carbocycles. The molecule has 1 heterocycles. The van der Waals surface area contributed by atoms with Crippen molar-refractivity contribution in [2.45, 2.75) is 12.8 Å². The van der Waals surface area contributed by atoms with Crippen molar-refractivity contribution < 1.29 is 9.75 Å². The minimum absolute atomic E-state index is 0.111. The van der Waals surface area contributed by atoms with E-state index in [4.69, 9.17) is 5.11 Å². The maximum atomic E-state index is 11.6. The number of aliphatic hydroxyl groups excluding tert-OH is 1. The molecule has 0 spiro atoms. The fraction of sp³-hybridized carbons (Fsp3) is 1.00. The first kappa shape index (κ1) is 8.93. The molecule has 0 bridgehead atoms. The van der Waals surface area contributed by atoms with E-state index in [0.717, 1.165) is 19.4 Å². The summed E-state index contributed by atoms with van der Waals surface area (Å²) >= 11 is 0. The van der Waals surface area contributed by atoms with Gasteiger partial charge in [0.25, 0.3) is 0 Å². The van der Waals surface area contributed by atoms with E-state index in [1.165, 1.54) is 0 Å². The Morgan fingerprint density at radius 1 is 1.45 bits per heavy atom. The number of rotatable bonds is 4. The second kappa shape index (κ2) is 4.01. The molecule has 66 valence electrons. The summed E-state index contributed by atoms with van der Waals surface area (Å²) in [6.07, 6.45) is 1.59. The zero-order chi connectivity index (χ0) is 8.16. The molecule has 1 aliphatic rings. The molecule has 11 heavy (non-hydrogen) atoms. The zero-order valence-corrected chi connectivity index (χ0v) is 6.75. The molecular weight excluding hydrogens is 144 g/mol. The van der Waals surface area contributed by atoms with Gasteiger partial charge in [0, 0.05) is 6.61 Å². The summed E-state index contributed by atoms with van der Waals surface area (Å²) in [5.41, 5.74) is 0. The Bertz CT molecular complexity index is 113. The highest BCUT2D eigenvalue weighted by atomic mass is 16.5. The zero-order valence-electron chi connectivity index (χ0n) is 6.75. The van der Waals surface area contributed by atoms with Crippen LogP contribution < -0.4 is 5.32 Å². The predicted octanol–water partition coefficient (Wildman–Crippen LogP) is -0.366. The quantitative estimate of drug-likeness (QED) is 0.335. The minimum Gasteiger partial charge on any atom is -0.632 e. The van der Waals surface area contributed by atoms with Crippen LogP contribution in [0.15, 0.2) is 0 Å². The van der Waals surface area contributed by atoms with Gasteiger partial charge in [-0.1, -0.05) is 0 Å². The predicted molar refractivity (Wildman–Crippen MR) is 42.6 cm³/mol. The van der Waals surface area contributed by atoms with Gasteiger partial charge >= 0.3 is 0 Å². The number of hydrogen-bond acceptors (Lipinski definition) is 3. The van der Waals surface area contributed by atoms with E-state index in [0.29, 0.717) is 19.8 Å². The smallest absolute Gasteiger partial charge is 0.132 e. The number of nitrogens with zero attached hydrogens (tertiary/aromatic N) is 1. The van der Waals surface area contributed by atoms with Crippen LogP contribution in [0.1, 0.15) is 12.8 Å². The highest BCUT2D eigenvalue weighted by Crippen LogP contribution is 2.08. The first-order valence-electron chi connectivity index (χ1n) is 4.15. The van der Waals surface area contributed by atoms with Gasteiger partial charge in [0.15, 0.2) is 0 Å². The lowest BCUT2D eigenvalue weighted by atomic mass is 10.3. The van der Waals surface area contributed by atoms with Gasteiger partial charge in [-0.25, -0.2) is 0 Å². The maximum Gasteiger partial charge on any atom is 0.132 e. The van der Waals surface area contributed by atoms with Crippen molar-refractivity contribution in [3.8, 4) is 0 Å². The van der Waals surface area contributed by atoms with E-state index < -0.39 is 0 Å². The van der Waals surface area contributed by atoms with Gasteiger partial charge < -0.3 is 15.0 Å². The number of nitrogens with one attached hydrogen (secondary N) is 1. The lowest BCUT2D eigenvalue weighted by molar-refractivity contribution is -0.869. The Morgan fingerprint density at radius 2 is 2.27 bits per heavy atom. The van der Waals surface area contributed by atoms with Crippen LogP contribution in [-0.2, 0) is 0 Å². The Morgan fingerprint density at radius 3 is 2.82 bits per heavy atom. The van der Waals surface area contributed by atoms with Crippen molar-refractivity contribution >= 4 is 0 Å². The van der Waals surface area contributed by atoms with Crippen molar-refractivity contribution in [2.24, 2.45) is 0 Å². The second-order valence-corrected chi connectivity index (χ2v) is 3.09. The van der Waals surface area contributed by atoms with Crippen LogP contribution in [-0.4, -0.2) is 42.7 Å². The fourth-order valence-electron chi connectivity index (χ4n) is 1.35. The first-order valence-corrected chi connectivity index (χ1v) is 4.15. The van der Waals surface area contributed by atoms with Crippen LogP contribution in [0.3, 0.4) is 0 Å². The minimum atomic E-state index is -0.111. The SMILES string of the molecule is [O-][N+]1(CCCCO)CCNC1. The Balaban J connectivity index is 2.13. The third-order valence-corrected chi connectivity index (χ3v) is 2.07. The van der Waals surface area contributed by atoms with Crippen molar-refractivity contribution in [2.75, 3.05) is 32.9 Å². The average molecular weight is 160 g/mol. The highest BCUT2D eigenvalue weighted by Gasteiger charge is 2.20. The van der Waals surface area contributed by atoms with Crippen LogP contribution in [0.4, 0.5) is 0 Å². The molecule has 0 aromatic rings. The molecule has 1 rings (SSSR count). The monoisotopic (exact) mass is 160 g/mol. The molecular formula is C7H16N2O2. The third-order valence-electron chi connectivity index (χ3n) is 2.07. The normalized spacial score (nSPS) is 31.1. The van der Waals surface area contributed by atoms with E-state index in [1.54, 1.807) is 0 Å². The molecule has 0 aromatic carbocycles. The van der Waals surface area contributed by atoms with Gasteiger partial charge in [0.05, 0.1) is 19.6 Å². The Labute approximate surface area is 67.0 Å². The fourth-order valence-corrected chi connectivity index (χ4v) is 1.35. The Kier molecular flexibility index (Phi) is 3.26. The lowest BCUT2D eigenvalue weighted by Gasteiger charge is -2.37.